The lowest BCUT2D eigenvalue weighted by molar-refractivity contribution is -0.141. The summed E-state index contributed by atoms with van der Waals surface area (Å²) in [6, 6.07) is 3.36. The lowest BCUT2D eigenvalue weighted by atomic mass is 10.1. The number of benzene rings is 1. The Kier molecular flexibility index (Phi) is 11.6. The van der Waals surface area contributed by atoms with E-state index in [9.17, 15) is 28.8 Å². The van der Waals surface area contributed by atoms with Crippen molar-refractivity contribution in [1.82, 2.24) is 16.0 Å². The van der Waals surface area contributed by atoms with E-state index in [4.69, 9.17) is 16.6 Å². The molecule has 4 atom stereocenters. The molecule has 0 aliphatic carbocycles. The number of thiol groups is 1. The number of nitrogens with two attached hydrogens (primary N) is 2. The van der Waals surface area contributed by atoms with Gasteiger partial charge in [0.15, 0.2) is 0 Å². The normalized spacial score (nSPS) is 14.1. The number of hydrogen-bond donors (Lipinski definition) is 7. The van der Waals surface area contributed by atoms with Crippen LogP contribution in [-0.2, 0) is 35.2 Å². The molecule has 1 rings (SSSR count). The number of rotatable bonds is 14. The number of hydrogen-bond acceptors (Lipinski definition) is 8. The highest BCUT2D eigenvalue weighted by molar-refractivity contribution is 7.80. The van der Waals surface area contributed by atoms with Crippen LogP contribution in [0.2, 0.25) is 0 Å². The van der Waals surface area contributed by atoms with Gasteiger partial charge in [0.2, 0.25) is 29.9 Å². The lowest BCUT2D eigenvalue weighted by Gasteiger charge is -2.23. The molecule has 0 bridgehead atoms. The highest BCUT2D eigenvalue weighted by Gasteiger charge is 2.31. The molecule has 0 aromatic heterocycles. The highest BCUT2D eigenvalue weighted by atomic mass is 32.1. The zero-order valence-electron chi connectivity index (χ0n) is 17.5. The first-order valence-corrected chi connectivity index (χ1v) is 10.4. The third-order valence-electron chi connectivity index (χ3n) is 4.32. The van der Waals surface area contributed by atoms with E-state index in [2.05, 4.69) is 28.6 Å². The SMILES string of the molecule is NC(=O)C[C@H](NC(=O)[C@@H](N)CS)C(=O)N[C@@H](CC(=O)O)C(=O)N[C@H]([C]=O)Cc1ccccc1. The summed E-state index contributed by atoms with van der Waals surface area (Å²) in [4.78, 5) is 71.1. The summed E-state index contributed by atoms with van der Waals surface area (Å²) < 4.78 is 0. The molecule has 0 fully saturated rings. The molecule has 33 heavy (non-hydrogen) atoms. The third kappa shape index (κ3) is 10.1. The first kappa shape index (κ1) is 27.6. The van der Waals surface area contributed by atoms with Crippen molar-refractivity contribution in [2.45, 2.75) is 43.4 Å². The van der Waals surface area contributed by atoms with Gasteiger partial charge < -0.3 is 32.5 Å². The molecule has 1 radical (unpaired) electrons. The highest BCUT2D eigenvalue weighted by Crippen LogP contribution is 2.04. The standard InChI is InChI=1S/C20H26N5O7S/c21-13(10-33)18(30)24-14(7-16(22)27)20(32)25-15(8-17(28)29)19(31)23-12(9-26)6-11-4-2-1-3-5-11/h1-5,12-15,33H,6-8,10,21H2,(H2,22,27)(H,23,31)(H,24,30)(H,25,32)(H,28,29)/t12-,13-,14-,15-/m0/s1. The summed E-state index contributed by atoms with van der Waals surface area (Å²) in [7, 11) is 0. The van der Waals surface area contributed by atoms with Gasteiger partial charge in [0.1, 0.15) is 12.1 Å². The van der Waals surface area contributed by atoms with Crippen molar-refractivity contribution >= 4 is 48.5 Å². The van der Waals surface area contributed by atoms with Gasteiger partial charge in [-0.2, -0.15) is 12.6 Å². The summed E-state index contributed by atoms with van der Waals surface area (Å²) in [5, 5.41) is 15.8. The first-order chi connectivity index (χ1) is 15.6. The van der Waals surface area contributed by atoms with Gasteiger partial charge in [-0.1, -0.05) is 30.3 Å². The predicted molar refractivity (Wildman–Crippen MR) is 120 cm³/mol. The number of nitrogens with one attached hydrogen (secondary N) is 3. The molecule has 4 amide bonds. The molecule has 0 aliphatic heterocycles. The second-order valence-electron chi connectivity index (χ2n) is 7.05. The lowest BCUT2D eigenvalue weighted by Crippen LogP contribution is -2.58. The fourth-order valence-corrected chi connectivity index (χ4v) is 2.84. The Morgan fingerprint density at radius 1 is 0.939 bits per heavy atom. The second-order valence-corrected chi connectivity index (χ2v) is 7.41. The molecular weight excluding hydrogens is 454 g/mol. The smallest absolute Gasteiger partial charge is 0.305 e. The Balaban J connectivity index is 2.94. The Hall–Kier alpha value is -3.45. The molecule has 1 aromatic carbocycles. The van der Waals surface area contributed by atoms with E-state index >= 15 is 0 Å². The van der Waals surface area contributed by atoms with Crippen LogP contribution in [-0.4, -0.2) is 70.9 Å². The summed E-state index contributed by atoms with van der Waals surface area (Å²) in [6.07, 6.45) is 0.285. The van der Waals surface area contributed by atoms with Crippen LogP contribution in [0.15, 0.2) is 30.3 Å². The van der Waals surface area contributed by atoms with E-state index in [1.165, 1.54) is 0 Å². The zero-order chi connectivity index (χ0) is 25.0. The van der Waals surface area contributed by atoms with Crippen molar-refractivity contribution in [2.24, 2.45) is 11.5 Å². The minimum Gasteiger partial charge on any atom is -0.481 e. The van der Waals surface area contributed by atoms with E-state index in [1.54, 1.807) is 36.6 Å². The zero-order valence-corrected chi connectivity index (χ0v) is 18.4. The fourth-order valence-electron chi connectivity index (χ4n) is 2.67. The van der Waals surface area contributed by atoms with Crippen molar-refractivity contribution in [1.29, 1.82) is 0 Å². The van der Waals surface area contributed by atoms with Gasteiger partial charge in [0.25, 0.3) is 0 Å². The molecule has 0 aliphatic rings. The minimum absolute atomic E-state index is 0.0498. The third-order valence-corrected chi connectivity index (χ3v) is 4.72. The molecule has 0 saturated heterocycles. The molecule has 0 saturated carbocycles. The number of carbonyl (C=O) groups is 5. The fraction of sp³-hybridized carbons (Fsp3) is 0.400. The maximum atomic E-state index is 12.6. The number of primary amides is 1. The van der Waals surface area contributed by atoms with E-state index in [0.717, 1.165) is 5.56 Å². The van der Waals surface area contributed by atoms with Crippen molar-refractivity contribution in [3.05, 3.63) is 35.9 Å². The van der Waals surface area contributed by atoms with Gasteiger partial charge >= 0.3 is 5.97 Å². The number of carboxylic acid groups (broad SMARTS) is 1. The van der Waals surface area contributed by atoms with Crippen LogP contribution >= 0.6 is 12.6 Å². The second kappa shape index (κ2) is 13.9. The van der Waals surface area contributed by atoms with Crippen LogP contribution in [0.3, 0.4) is 0 Å². The van der Waals surface area contributed by atoms with Crippen molar-refractivity contribution in [3.8, 4) is 0 Å². The summed E-state index contributed by atoms with van der Waals surface area (Å²) in [6.45, 7) is 0. The molecule has 12 nitrogen and oxygen atoms in total. The molecular formula is C20H26N5O7S. The van der Waals surface area contributed by atoms with E-state index in [0.29, 0.717) is 0 Å². The summed E-state index contributed by atoms with van der Waals surface area (Å²) in [5.74, 6) is -5.21. The minimum atomic E-state index is -1.62. The molecule has 0 unspecified atom stereocenters. The van der Waals surface area contributed by atoms with Gasteiger partial charge in [-0.3, -0.25) is 28.8 Å². The van der Waals surface area contributed by atoms with Crippen molar-refractivity contribution < 1.29 is 33.9 Å². The number of aliphatic carboxylic acids is 1. The largest absolute Gasteiger partial charge is 0.481 e. The van der Waals surface area contributed by atoms with Crippen LogP contribution in [0.25, 0.3) is 0 Å². The number of amides is 4. The Morgan fingerprint density at radius 3 is 2.00 bits per heavy atom. The molecule has 179 valence electrons. The van der Waals surface area contributed by atoms with E-state index in [1.807, 2.05) is 0 Å². The first-order valence-electron chi connectivity index (χ1n) is 9.76. The number of carbonyl (C=O) groups excluding carboxylic acids is 5. The summed E-state index contributed by atoms with van der Waals surface area (Å²) >= 11 is 3.87. The van der Waals surface area contributed by atoms with Gasteiger partial charge in [-0.15, -0.1) is 0 Å². The predicted octanol–water partition coefficient (Wildman–Crippen LogP) is -2.60. The molecule has 0 spiro atoms. The molecule has 0 heterocycles. The van der Waals surface area contributed by atoms with Crippen LogP contribution in [0.1, 0.15) is 18.4 Å². The summed E-state index contributed by atoms with van der Waals surface area (Å²) in [5.41, 5.74) is 11.4. The monoisotopic (exact) mass is 480 g/mol. The Labute approximate surface area is 195 Å². The van der Waals surface area contributed by atoms with Crippen LogP contribution in [0.4, 0.5) is 0 Å². The van der Waals surface area contributed by atoms with Gasteiger partial charge in [0.05, 0.1) is 24.9 Å². The van der Waals surface area contributed by atoms with Gasteiger partial charge in [0, 0.05) is 12.2 Å². The van der Waals surface area contributed by atoms with Crippen molar-refractivity contribution in [2.75, 3.05) is 5.75 Å². The number of carboxylic acids is 1. The quantitative estimate of drug-likeness (QED) is 0.140. The maximum Gasteiger partial charge on any atom is 0.305 e. The average Bonchev–Trinajstić information content (AvgIpc) is 2.76. The molecule has 1 aromatic rings. The van der Waals surface area contributed by atoms with Gasteiger partial charge in [-0.05, 0) is 5.56 Å². The van der Waals surface area contributed by atoms with Crippen molar-refractivity contribution in [3.63, 3.8) is 0 Å². The van der Waals surface area contributed by atoms with Crippen LogP contribution in [0.5, 0.6) is 0 Å². The average molecular weight is 481 g/mol. The molecule has 8 N–H and O–H groups in total. The topological polar surface area (TPSA) is 211 Å². The van der Waals surface area contributed by atoms with E-state index < -0.39 is 66.6 Å². The van der Waals surface area contributed by atoms with Crippen LogP contribution < -0.4 is 27.4 Å². The Bertz CT molecular complexity index is 868. The van der Waals surface area contributed by atoms with E-state index in [-0.39, 0.29) is 12.2 Å². The van der Waals surface area contributed by atoms with Crippen LogP contribution in [0, 0.1) is 0 Å². The maximum absolute atomic E-state index is 12.6. The molecule has 13 heteroatoms. The van der Waals surface area contributed by atoms with Gasteiger partial charge in [-0.25, -0.2) is 0 Å². The Morgan fingerprint density at radius 2 is 1.48 bits per heavy atom.